The molecule has 5 heteroatoms. The lowest BCUT2D eigenvalue weighted by atomic mass is 9.93. The normalized spacial score (nSPS) is 18.2. The molecule has 0 spiro atoms. The van der Waals surface area contributed by atoms with Crippen molar-refractivity contribution >= 4 is 28.8 Å². The van der Waals surface area contributed by atoms with Gasteiger partial charge in [0.2, 0.25) is 5.91 Å². The van der Waals surface area contributed by atoms with E-state index in [0.29, 0.717) is 13.1 Å². The Balaban J connectivity index is 2.02. The highest BCUT2D eigenvalue weighted by Crippen LogP contribution is 2.40. The van der Waals surface area contributed by atoms with Crippen molar-refractivity contribution in [3.8, 4) is 0 Å². The number of nitrogens with zero attached hydrogens (tertiary/aromatic N) is 1. The van der Waals surface area contributed by atoms with E-state index < -0.39 is 0 Å². The number of thiophene rings is 1. The van der Waals surface area contributed by atoms with Crippen LogP contribution in [0.3, 0.4) is 0 Å². The average molecular weight is 294 g/mol. The lowest BCUT2D eigenvalue weighted by Crippen LogP contribution is -2.36. The van der Waals surface area contributed by atoms with Gasteiger partial charge in [0.25, 0.3) is 0 Å². The van der Waals surface area contributed by atoms with Gasteiger partial charge in [-0.1, -0.05) is 18.2 Å². The lowest BCUT2D eigenvalue weighted by Gasteiger charge is -2.31. The van der Waals surface area contributed by atoms with Crippen LogP contribution in [0.4, 0.5) is 0 Å². The third kappa shape index (κ3) is 2.22. The highest BCUT2D eigenvalue weighted by Gasteiger charge is 2.31. The minimum Gasteiger partial charge on any atom is -0.469 e. The van der Waals surface area contributed by atoms with Gasteiger partial charge in [0, 0.05) is 11.4 Å². The van der Waals surface area contributed by atoms with Crippen molar-refractivity contribution < 1.29 is 9.21 Å². The van der Waals surface area contributed by atoms with Crippen molar-refractivity contribution in [2.75, 3.05) is 6.54 Å². The molecular weight excluding hydrogens is 282 g/mol. The van der Waals surface area contributed by atoms with Crippen molar-refractivity contribution in [3.63, 3.8) is 0 Å². The van der Waals surface area contributed by atoms with Crippen LogP contribution in [0.25, 0.3) is 0 Å². The number of halogens is 1. The molecule has 98 valence electrons. The van der Waals surface area contributed by atoms with E-state index in [1.807, 2.05) is 18.2 Å². The average Bonchev–Trinajstić information content (AvgIpc) is 3.04. The summed E-state index contributed by atoms with van der Waals surface area (Å²) in [5.74, 6) is 0.843. The second kappa shape index (κ2) is 4.87. The molecule has 1 amide bonds. The van der Waals surface area contributed by atoms with Crippen LogP contribution in [0.5, 0.6) is 0 Å². The van der Waals surface area contributed by atoms with Crippen LogP contribution in [-0.2, 0) is 11.3 Å². The number of hydrogen-bond acceptors (Lipinski definition) is 3. The fraction of sp³-hybridized carbons (Fsp3) is 0.214. The predicted octanol–water partition coefficient (Wildman–Crippen LogP) is 3.65. The van der Waals surface area contributed by atoms with Gasteiger partial charge in [-0.05, 0) is 29.8 Å². The number of amides is 1. The second-order valence-corrected chi connectivity index (χ2v) is 6.19. The van der Waals surface area contributed by atoms with Crippen LogP contribution in [0.2, 0.25) is 4.34 Å². The van der Waals surface area contributed by atoms with Crippen molar-refractivity contribution in [2.24, 2.45) is 0 Å². The highest BCUT2D eigenvalue weighted by atomic mass is 35.5. The Bertz CT molecular complexity index is 617. The fourth-order valence-corrected chi connectivity index (χ4v) is 3.77. The summed E-state index contributed by atoms with van der Waals surface area (Å²) in [6.45, 7) is 4.74. The molecular formula is C14H12ClNO2S. The summed E-state index contributed by atoms with van der Waals surface area (Å²) in [6, 6.07) is 5.77. The van der Waals surface area contributed by atoms with Crippen molar-refractivity contribution in [1.82, 2.24) is 4.90 Å². The molecule has 3 heterocycles. The Labute approximate surface area is 120 Å². The van der Waals surface area contributed by atoms with Gasteiger partial charge in [-0.2, -0.15) is 0 Å². The minimum atomic E-state index is -0.0632. The summed E-state index contributed by atoms with van der Waals surface area (Å²) in [4.78, 5) is 14.7. The zero-order chi connectivity index (χ0) is 13.4. The molecule has 0 radical (unpaired) electrons. The first kappa shape index (κ1) is 12.5. The van der Waals surface area contributed by atoms with Gasteiger partial charge >= 0.3 is 0 Å². The number of hydrogen-bond donors (Lipinski definition) is 0. The van der Waals surface area contributed by atoms with E-state index in [1.165, 1.54) is 17.4 Å². The molecule has 0 aromatic carbocycles. The zero-order valence-corrected chi connectivity index (χ0v) is 11.7. The van der Waals surface area contributed by atoms with Crippen molar-refractivity contribution in [3.05, 3.63) is 57.7 Å². The molecule has 0 N–H and O–H groups in total. The molecule has 1 atom stereocenters. The Morgan fingerprint density at radius 2 is 2.47 bits per heavy atom. The molecule has 0 fully saturated rings. The smallest absolute Gasteiger partial charge is 0.246 e. The Morgan fingerprint density at radius 1 is 1.63 bits per heavy atom. The van der Waals surface area contributed by atoms with Gasteiger partial charge in [-0.3, -0.25) is 4.79 Å². The number of rotatable bonds is 2. The fourth-order valence-electron chi connectivity index (χ4n) is 2.41. The van der Waals surface area contributed by atoms with Crippen LogP contribution in [0.1, 0.15) is 22.1 Å². The van der Waals surface area contributed by atoms with Crippen molar-refractivity contribution in [1.29, 1.82) is 0 Å². The van der Waals surface area contributed by atoms with Gasteiger partial charge in [-0.25, -0.2) is 0 Å². The van der Waals surface area contributed by atoms with Crippen LogP contribution >= 0.6 is 22.9 Å². The maximum Gasteiger partial charge on any atom is 0.246 e. The molecule has 2 aromatic rings. The largest absolute Gasteiger partial charge is 0.469 e. The van der Waals surface area contributed by atoms with Crippen LogP contribution in [-0.4, -0.2) is 17.4 Å². The van der Waals surface area contributed by atoms with Gasteiger partial charge < -0.3 is 9.32 Å². The molecule has 1 aliphatic rings. The second-order valence-electron chi connectivity index (χ2n) is 4.42. The highest BCUT2D eigenvalue weighted by molar-refractivity contribution is 7.16. The summed E-state index contributed by atoms with van der Waals surface area (Å²) in [5.41, 5.74) is 1.16. The summed E-state index contributed by atoms with van der Waals surface area (Å²) in [7, 11) is 0. The summed E-state index contributed by atoms with van der Waals surface area (Å²) in [5, 5.41) is 0. The van der Waals surface area contributed by atoms with Crippen LogP contribution in [0, 0.1) is 0 Å². The number of furan rings is 1. The third-order valence-corrected chi connectivity index (χ3v) is 4.56. The van der Waals surface area contributed by atoms with E-state index in [2.05, 4.69) is 6.58 Å². The molecule has 0 saturated carbocycles. The molecule has 0 saturated heterocycles. The van der Waals surface area contributed by atoms with Gasteiger partial charge in [-0.15, -0.1) is 11.3 Å². The third-order valence-electron chi connectivity index (χ3n) is 3.30. The maximum atomic E-state index is 11.8. The first-order chi connectivity index (χ1) is 9.19. The van der Waals surface area contributed by atoms with Crippen LogP contribution < -0.4 is 0 Å². The van der Waals surface area contributed by atoms with Gasteiger partial charge in [0.1, 0.15) is 5.76 Å². The molecule has 0 unspecified atom stereocenters. The predicted molar refractivity (Wildman–Crippen MR) is 75.5 cm³/mol. The standard InChI is InChI=1S/C14H12ClNO2S/c1-2-14(17)16-7-10(11-4-3-5-18-11)9-6-13(15)19-12(9)8-16/h2-6,10H,1,7-8H2/t10-/m1/s1. The van der Waals surface area contributed by atoms with Gasteiger partial charge in [0.05, 0.1) is 23.1 Å². The SMILES string of the molecule is C=CC(=O)N1Cc2sc(Cl)cc2[C@H](c2ccco2)C1. The summed E-state index contributed by atoms with van der Waals surface area (Å²) >= 11 is 7.62. The first-order valence-corrected chi connectivity index (χ1v) is 7.11. The Morgan fingerprint density at radius 3 is 3.16 bits per heavy atom. The molecule has 0 aliphatic carbocycles. The number of fused-ring (bicyclic) bond motifs is 1. The minimum absolute atomic E-state index is 0.0476. The quantitative estimate of drug-likeness (QED) is 0.792. The summed E-state index contributed by atoms with van der Waals surface area (Å²) < 4.78 is 6.24. The Hall–Kier alpha value is -1.52. The van der Waals surface area contributed by atoms with E-state index in [0.717, 1.165) is 20.5 Å². The molecule has 3 rings (SSSR count). The van der Waals surface area contributed by atoms with E-state index in [-0.39, 0.29) is 11.8 Å². The molecule has 3 nitrogen and oxygen atoms in total. The van der Waals surface area contributed by atoms with E-state index in [4.69, 9.17) is 16.0 Å². The van der Waals surface area contributed by atoms with Crippen LogP contribution in [0.15, 0.2) is 41.5 Å². The lowest BCUT2D eigenvalue weighted by molar-refractivity contribution is -0.127. The summed E-state index contributed by atoms with van der Waals surface area (Å²) in [6.07, 6.45) is 3.00. The Kier molecular flexibility index (Phi) is 3.21. The molecule has 2 aromatic heterocycles. The van der Waals surface area contributed by atoms with Gasteiger partial charge in [0.15, 0.2) is 0 Å². The number of carbonyl (C=O) groups excluding carboxylic acids is 1. The monoisotopic (exact) mass is 293 g/mol. The molecule has 0 bridgehead atoms. The molecule has 1 aliphatic heterocycles. The number of carbonyl (C=O) groups is 1. The van der Waals surface area contributed by atoms with Crippen molar-refractivity contribution in [2.45, 2.75) is 12.5 Å². The van der Waals surface area contributed by atoms with E-state index in [1.54, 1.807) is 11.2 Å². The zero-order valence-electron chi connectivity index (χ0n) is 10.1. The van der Waals surface area contributed by atoms with E-state index in [9.17, 15) is 4.79 Å². The first-order valence-electron chi connectivity index (χ1n) is 5.92. The topological polar surface area (TPSA) is 33.5 Å². The van der Waals surface area contributed by atoms with E-state index >= 15 is 0 Å². The maximum absolute atomic E-state index is 11.8. The molecule has 19 heavy (non-hydrogen) atoms.